The van der Waals surface area contributed by atoms with E-state index < -0.39 is 12.0 Å². The van der Waals surface area contributed by atoms with Crippen LogP contribution in [0.5, 0.6) is 0 Å². The molecule has 1 aliphatic rings. The van der Waals surface area contributed by atoms with E-state index in [0.29, 0.717) is 6.42 Å². The van der Waals surface area contributed by atoms with Gasteiger partial charge in [0.1, 0.15) is 0 Å². The molecule has 0 bridgehead atoms. The Bertz CT molecular complexity index is 310. The average Bonchev–Trinajstić information content (AvgIpc) is 2.31. The van der Waals surface area contributed by atoms with Crippen LogP contribution in [0.15, 0.2) is 0 Å². The molecule has 0 aromatic carbocycles. The third-order valence-corrected chi connectivity index (χ3v) is 3.74. The van der Waals surface area contributed by atoms with E-state index in [-0.39, 0.29) is 18.0 Å². The van der Waals surface area contributed by atoms with Crippen molar-refractivity contribution < 1.29 is 14.7 Å². The number of urea groups is 1. The fourth-order valence-electron chi connectivity index (χ4n) is 2.67. The Morgan fingerprint density at radius 2 is 1.65 bits per heavy atom. The fraction of sp³-hybridized carbons (Fsp3) is 0.867. The van der Waals surface area contributed by atoms with Gasteiger partial charge in [0.15, 0.2) is 0 Å². The summed E-state index contributed by atoms with van der Waals surface area (Å²) in [4.78, 5) is 22.9. The molecule has 5 heteroatoms. The highest BCUT2D eigenvalue weighted by molar-refractivity contribution is 5.81. The van der Waals surface area contributed by atoms with Crippen LogP contribution >= 0.6 is 0 Å². The van der Waals surface area contributed by atoms with Crippen LogP contribution in [0.25, 0.3) is 0 Å². The molecule has 0 aromatic heterocycles. The van der Waals surface area contributed by atoms with Crippen LogP contribution in [0.4, 0.5) is 4.79 Å². The molecular formula is C15H27N2O3-. The first-order chi connectivity index (χ1) is 9.49. The number of rotatable bonds is 5. The SMILES string of the molecule is CC(C)C[C@H](NC(=O)NC1CCCCCCC1)C(=O)[O-]. The van der Waals surface area contributed by atoms with E-state index in [9.17, 15) is 14.7 Å². The fourth-order valence-corrected chi connectivity index (χ4v) is 2.67. The van der Waals surface area contributed by atoms with E-state index >= 15 is 0 Å². The van der Waals surface area contributed by atoms with Crippen LogP contribution in [0, 0.1) is 5.92 Å². The molecule has 5 nitrogen and oxygen atoms in total. The molecule has 2 amide bonds. The van der Waals surface area contributed by atoms with Gasteiger partial charge in [-0.05, 0) is 25.2 Å². The lowest BCUT2D eigenvalue weighted by molar-refractivity contribution is -0.308. The number of hydrogen-bond donors (Lipinski definition) is 2. The maximum Gasteiger partial charge on any atom is 0.315 e. The highest BCUT2D eigenvalue weighted by atomic mass is 16.4. The van der Waals surface area contributed by atoms with Crippen molar-refractivity contribution in [3.05, 3.63) is 0 Å². The molecule has 116 valence electrons. The second kappa shape index (κ2) is 8.82. The molecule has 0 heterocycles. The molecule has 1 aliphatic carbocycles. The third kappa shape index (κ3) is 6.78. The quantitative estimate of drug-likeness (QED) is 0.803. The minimum absolute atomic E-state index is 0.164. The van der Waals surface area contributed by atoms with Gasteiger partial charge in [0.2, 0.25) is 0 Å². The monoisotopic (exact) mass is 283 g/mol. The van der Waals surface area contributed by atoms with Gasteiger partial charge < -0.3 is 20.5 Å². The Morgan fingerprint density at radius 3 is 2.15 bits per heavy atom. The van der Waals surface area contributed by atoms with Gasteiger partial charge in [-0.1, -0.05) is 46.0 Å². The smallest absolute Gasteiger partial charge is 0.315 e. The van der Waals surface area contributed by atoms with Crippen LogP contribution in [0.1, 0.15) is 65.2 Å². The number of carboxylic acid groups (broad SMARTS) is 1. The summed E-state index contributed by atoms with van der Waals surface area (Å²) in [6.07, 6.45) is 8.31. The molecule has 1 rings (SSSR count). The van der Waals surface area contributed by atoms with Gasteiger partial charge in [-0.25, -0.2) is 4.79 Å². The highest BCUT2D eigenvalue weighted by Gasteiger charge is 2.18. The average molecular weight is 283 g/mol. The van der Waals surface area contributed by atoms with Gasteiger partial charge in [0.25, 0.3) is 0 Å². The Kier molecular flexibility index (Phi) is 7.41. The molecule has 0 spiro atoms. The summed E-state index contributed by atoms with van der Waals surface area (Å²) in [7, 11) is 0. The maximum absolute atomic E-state index is 11.9. The predicted octanol–water partition coefficient (Wildman–Crippen LogP) is 1.56. The van der Waals surface area contributed by atoms with E-state index in [2.05, 4.69) is 10.6 Å². The Hall–Kier alpha value is -1.26. The van der Waals surface area contributed by atoms with E-state index in [1.54, 1.807) is 0 Å². The zero-order chi connectivity index (χ0) is 15.0. The number of carbonyl (C=O) groups excluding carboxylic acids is 2. The van der Waals surface area contributed by atoms with Gasteiger partial charge in [-0.15, -0.1) is 0 Å². The number of nitrogens with one attached hydrogen (secondary N) is 2. The second-order valence-electron chi connectivity index (χ2n) is 6.16. The third-order valence-electron chi connectivity index (χ3n) is 3.74. The molecule has 1 saturated carbocycles. The summed E-state index contributed by atoms with van der Waals surface area (Å²) in [5.74, 6) is -1.02. The number of aliphatic carboxylic acids is 1. The molecule has 2 N–H and O–H groups in total. The van der Waals surface area contributed by atoms with Gasteiger partial charge in [-0.3, -0.25) is 0 Å². The summed E-state index contributed by atoms with van der Waals surface area (Å²) >= 11 is 0. The number of carboxylic acids is 1. The predicted molar refractivity (Wildman–Crippen MR) is 76.0 cm³/mol. The molecule has 0 unspecified atom stereocenters. The van der Waals surface area contributed by atoms with E-state index in [1.165, 1.54) is 19.3 Å². The lowest BCUT2D eigenvalue weighted by Crippen LogP contribution is -2.53. The first kappa shape index (κ1) is 16.8. The summed E-state index contributed by atoms with van der Waals surface area (Å²) in [5.41, 5.74) is 0. The van der Waals surface area contributed by atoms with E-state index in [4.69, 9.17) is 0 Å². The zero-order valence-electron chi connectivity index (χ0n) is 12.6. The lowest BCUT2D eigenvalue weighted by Gasteiger charge is -2.25. The Morgan fingerprint density at radius 1 is 1.10 bits per heavy atom. The van der Waals surface area contributed by atoms with Crippen molar-refractivity contribution in [1.82, 2.24) is 10.6 Å². The molecule has 0 saturated heterocycles. The van der Waals surface area contributed by atoms with Gasteiger partial charge in [-0.2, -0.15) is 0 Å². The van der Waals surface area contributed by atoms with Crippen LogP contribution < -0.4 is 15.7 Å². The summed E-state index contributed by atoms with van der Waals surface area (Å²) < 4.78 is 0. The van der Waals surface area contributed by atoms with Crippen molar-refractivity contribution in [2.24, 2.45) is 5.92 Å². The van der Waals surface area contributed by atoms with Crippen molar-refractivity contribution in [2.45, 2.75) is 77.3 Å². The van der Waals surface area contributed by atoms with Crippen molar-refractivity contribution in [3.63, 3.8) is 0 Å². The summed E-state index contributed by atoms with van der Waals surface area (Å²) in [5, 5.41) is 16.4. The Balaban J connectivity index is 2.41. The van der Waals surface area contributed by atoms with Gasteiger partial charge in [0, 0.05) is 6.04 Å². The standard InChI is InChI=1S/C15H28N2O3/c1-11(2)10-13(14(18)19)17-15(20)16-12-8-6-4-3-5-7-9-12/h11-13H,3-10H2,1-2H3,(H,18,19)(H2,16,17,20)/p-1/t13-/m0/s1. The second-order valence-corrected chi connectivity index (χ2v) is 6.16. The zero-order valence-corrected chi connectivity index (χ0v) is 12.6. The van der Waals surface area contributed by atoms with Crippen LogP contribution in [-0.2, 0) is 4.79 Å². The molecule has 20 heavy (non-hydrogen) atoms. The topological polar surface area (TPSA) is 81.3 Å². The molecule has 1 fully saturated rings. The molecule has 0 radical (unpaired) electrons. The number of hydrogen-bond acceptors (Lipinski definition) is 3. The van der Waals surface area contributed by atoms with Crippen molar-refractivity contribution in [2.75, 3.05) is 0 Å². The largest absolute Gasteiger partial charge is 0.548 e. The first-order valence-corrected chi connectivity index (χ1v) is 7.77. The van der Waals surface area contributed by atoms with Crippen molar-refractivity contribution >= 4 is 12.0 Å². The Labute approximate surface area is 121 Å². The van der Waals surface area contributed by atoms with Gasteiger partial charge >= 0.3 is 6.03 Å². The first-order valence-electron chi connectivity index (χ1n) is 7.77. The van der Waals surface area contributed by atoms with Gasteiger partial charge in [0.05, 0.1) is 12.0 Å². The minimum atomic E-state index is -1.22. The van der Waals surface area contributed by atoms with Crippen LogP contribution in [-0.4, -0.2) is 24.1 Å². The lowest BCUT2D eigenvalue weighted by atomic mass is 9.97. The van der Waals surface area contributed by atoms with Crippen molar-refractivity contribution in [3.8, 4) is 0 Å². The van der Waals surface area contributed by atoms with E-state index in [1.807, 2.05) is 13.8 Å². The molecular weight excluding hydrogens is 256 g/mol. The van der Waals surface area contributed by atoms with E-state index in [0.717, 1.165) is 25.7 Å². The minimum Gasteiger partial charge on any atom is -0.548 e. The van der Waals surface area contributed by atoms with Crippen LogP contribution in [0.2, 0.25) is 0 Å². The molecule has 0 aliphatic heterocycles. The number of amides is 2. The molecule has 0 aromatic rings. The molecule has 1 atom stereocenters. The summed E-state index contributed by atoms with van der Waals surface area (Å²) in [6.45, 7) is 3.84. The van der Waals surface area contributed by atoms with Crippen LogP contribution in [0.3, 0.4) is 0 Å². The summed E-state index contributed by atoms with van der Waals surface area (Å²) in [6, 6.07) is -1.13. The number of carbonyl (C=O) groups is 2. The highest BCUT2D eigenvalue weighted by Crippen LogP contribution is 2.17. The normalized spacial score (nSPS) is 18.9. The van der Waals surface area contributed by atoms with Crippen molar-refractivity contribution in [1.29, 1.82) is 0 Å². The maximum atomic E-state index is 11.9.